The van der Waals surface area contributed by atoms with E-state index >= 15 is 0 Å². The van der Waals surface area contributed by atoms with Gasteiger partial charge in [0.25, 0.3) is 0 Å². The van der Waals surface area contributed by atoms with Crippen LogP contribution < -0.4 is 5.73 Å². The highest BCUT2D eigenvalue weighted by Gasteiger charge is 2.56. The van der Waals surface area contributed by atoms with E-state index in [0.717, 1.165) is 12.8 Å². The van der Waals surface area contributed by atoms with Crippen molar-refractivity contribution in [2.75, 3.05) is 12.1 Å². The van der Waals surface area contributed by atoms with Crippen LogP contribution in [-0.4, -0.2) is 43.7 Å². The Morgan fingerprint density at radius 1 is 1.31 bits per heavy atom. The average molecular weight is 446 g/mol. The predicted octanol–water partition coefficient (Wildman–Crippen LogP) is 4.25. The van der Waals surface area contributed by atoms with E-state index in [-0.39, 0.29) is 29.7 Å². The number of anilines is 1. The molecule has 2 aromatic rings. The average Bonchev–Trinajstić information content (AvgIpc) is 3.15. The number of nitrogens with zero attached hydrogens (tertiary/aromatic N) is 4. The highest BCUT2D eigenvalue weighted by Crippen LogP contribution is 2.56. The van der Waals surface area contributed by atoms with Crippen LogP contribution in [0.15, 0.2) is 6.33 Å². The minimum Gasteiger partial charge on any atom is -0.368 e. The van der Waals surface area contributed by atoms with Gasteiger partial charge in [-0.2, -0.15) is 9.97 Å². The molecular weight excluding hydrogens is 417 g/mol. The first kappa shape index (κ1) is 22.4. The van der Waals surface area contributed by atoms with Crippen molar-refractivity contribution in [3.8, 4) is 0 Å². The van der Waals surface area contributed by atoms with Gasteiger partial charge in [-0.05, 0) is 40.0 Å². The maximum atomic E-state index is 13.2. The summed E-state index contributed by atoms with van der Waals surface area (Å²) in [6, 6.07) is 0. The first-order valence-electron chi connectivity index (χ1n) is 9.81. The van der Waals surface area contributed by atoms with Crippen molar-refractivity contribution >= 4 is 36.3 Å². The number of aromatic nitrogens is 4. The van der Waals surface area contributed by atoms with E-state index in [0.29, 0.717) is 23.6 Å². The molecule has 0 radical (unpaired) electrons. The number of nitrogen functional groups attached to an aromatic ring is 1. The van der Waals surface area contributed by atoms with E-state index in [1.807, 2.05) is 32.3 Å². The van der Waals surface area contributed by atoms with Crippen LogP contribution in [-0.2, 0) is 24.9 Å². The van der Waals surface area contributed by atoms with Gasteiger partial charge in [-0.3, -0.25) is 4.57 Å². The van der Waals surface area contributed by atoms with Gasteiger partial charge in [0.1, 0.15) is 11.9 Å². The molecule has 29 heavy (non-hydrogen) atoms. The largest absolute Gasteiger partial charge is 0.368 e. The van der Waals surface area contributed by atoms with Crippen LogP contribution >= 0.6 is 19.2 Å². The predicted molar refractivity (Wildman–Crippen MR) is 112 cm³/mol. The molecule has 162 valence electrons. The van der Waals surface area contributed by atoms with Gasteiger partial charge in [0.15, 0.2) is 10.8 Å². The molecule has 2 aromatic heterocycles. The number of hydrogen-bond donors (Lipinski definition) is 1. The minimum atomic E-state index is -3.39. The Kier molecular flexibility index (Phi) is 6.56. The lowest BCUT2D eigenvalue weighted by Crippen LogP contribution is -2.26. The van der Waals surface area contributed by atoms with Gasteiger partial charge in [-0.25, -0.2) is 4.98 Å². The molecule has 2 heterocycles. The molecule has 11 heteroatoms. The summed E-state index contributed by atoms with van der Waals surface area (Å²) in [4.78, 5) is 12.5. The van der Waals surface area contributed by atoms with Crippen molar-refractivity contribution in [2.45, 2.75) is 71.8 Å². The number of imidazole rings is 1. The third-order valence-corrected chi connectivity index (χ3v) is 6.99. The van der Waals surface area contributed by atoms with Crippen LogP contribution in [0.2, 0.25) is 5.15 Å². The van der Waals surface area contributed by atoms with Crippen LogP contribution in [0.25, 0.3) is 11.2 Å². The highest BCUT2D eigenvalue weighted by atomic mass is 35.5. The second kappa shape index (κ2) is 8.47. The molecule has 1 aliphatic rings. The molecule has 0 saturated heterocycles. The molecule has 1 saturated carbocycles. The summed E-state index contributed by atoms with van der Waals surface area (Å²) in [6.07, 6.45) is 2.84. The lowest BCUT2D eigenvalue weighted by molar-refractivity contribution is 0.0164. The van der Waals surface area contributed by atoms with Crippen LogP contribution in [0.1, 0.15) is 47.5 Å². The number of rotatable bonds is 10. The smallest absolute Gasteiger partial charge is 0.356 e. The van der Waals surface area contributed by atoms with E-state index in [1.165, 1.54) is 0 Å². The van der Waals surface area contributed by atoms with Gasteiger partial charge in [0.2, 0.25) is 5.95 Å². The van der Waals surface area contributed by atoms with E-state index in [2.05, 4.69) is 21.9 Å². The Morgan fingerprint density at radius 3 is 2.52 bits per heavy atom. The van der Waals surface area contributed by atoms with Crippen molar-refractivity contribution in [3.05, 3.63) is 11.5 Å². The third kappa shape index (κ3) is 5.09. The van der Waals surface area contributed by atoms with Gasteiger partial charge in [-0.1, -0.05) is 24.9 Å². The second-order valence-electron chi connectivity index (χ2n) is 7.98. The fourth-order valence-corrected chi connectivity index (χ4v) is 5.65. The quantitative estimate of drug-likeness (QED) is 0.426. The Hall–Kier alpha value is -1.25. The monoisotopic (exact) mass is 445 g/mol. The number of fused-ring (bicyclic) bond motifs is 1. The van der Waals surface area contributed by atoms with Gasteiger partial charge < -0.3 is 24.1 Å². The Labute approximate surface area is 175 Å². The molecule has 9 nitrogen and oxygen atoms in total. The summed E-state index contributed by atoms with van der Waals surface area (Å²) in [7, 11) is -3.39. The van der Waals surface area contributed by atoms with E-state index in [9.17, 15) is 4.57 Å². The van der Waals surface area contributed by atoms with Gasteiger partial charge >= 0.3 is 7.60 Å². The number of halogens is 1. The summed E-state index contributed by atoms with van der Waals surface area (Å²) in [6.45, 7) is 9.88. The molecular formula is C18H29ClN5O4P. The first-order chi connectivity index (χ1) is 13.6. The minimum absolute atomic E-state index is 0.0854. The summed E-state index contributed by atoms with van der Waals surface area (Å²) < 4.78 is 32.5. The number of ether oxygens (including phenoxy) is 1. The summed E-state index contributed by atoms with van der Waals surface area (Å²) >= 11 is 6.13. The molecule has 0 amide bonds. The zero-order chi connectivity index (χ0) is 21.4. The molecule has 0 unspecified atom stereocenters. The summed E-state index contributed by atoms with van der Waals surface area (Å²) in [5, 5.41) is 0.212. The van der Waals surface area contributed by atoms with Crippen molar-refractivity contribution in [1.29, 1.82) is 0 Å². The summed E-state index contributed by atoms with van der Waals surface area (Å²) in [5.74, 6) is 0.406. The third-order valence-electron chi connectivity index (χ3n) is 4.80. The topological polar surface area (TPSA) is 114 Å². The second-order valence-corrected chi connectivity index (χ2v) is 10.2. The highest BCUT2D eigenvalue weighted by molar-refractivity contribution is 7.53. The van der Waals surface area contributed by atoms with Crippen molar-refractivity contribution in [2.24, 2.45) is 5.92 Å². The Balaban J connectivity index is 1.81. The van der Waals surface area contributed by atoms with E-state index in [4.69, 9.17) is 31.1 Å². The Morgan fingerprint density at radius 2 is 1.97 bits per heavy atom. The first-order valence-corrected chi connectivity index (χ1v) is 11.9. The standard InChI is InChI=1S/C18H29ClN5O4P/c1-6-13-7-18(13,26-10-29(25,27-11(2)3)28-12(4)5)8-24-9-21-14-15(19)22-17(20)23-16(14)24/h9,11-13H,6-8,10H2,1-5H3,(H2,20,22,23)/t13-,18+/m0/s1. The van der Waals surface area contributed by atoms with Crippen molar-refractivity contribution in [3.63, 3.8) is 0 Å². The van der Waals surface area contributed by atoms with Crippen LogP contribution in [0, 0.1) is 5.92 Å². The van der Waals surface area contributed by atoms with Crippen LogP contribution in [0.3, 0.4) is 0 Å². The maximum Gasteiger partial charge on any atom is 0.356 e. The lowest BCUT2D eigenvalue weighted by atomic mass is 10.2. The van der Waals surface area contributed by atoms with Gasteiger partial charge in [0, 0.05) is 0 Å². The molecule has 2 N–H and O–H groups in total. The molecule has 1 aliphatic carbocycles. The summed E-state index contributed by atoms with van der Waals surface area (Å²) in [5.41, 5.74) is 6.29. The fraction of sp³-hybridized carbons (Fsp3) is 0.722. The van der Waals surface area contributed by atoms with Crippen molar-refractivity contribution < 1.29 is 18.3 Å². The maximum absolute atomic E-state index is 13.2. The molecule has 0 aromatic carbocycles. The molecule has 0 bridgehead atoms. The molecule has 1 fully saturated rings. The van der Waals surface area contributed by atoms with Crippen molar-refractivity contribution in [1.82, 2.24) is 19.5 Å². The zero-order valence-corrected chi connectivity index (χ0v) is 19.1. The van der Waals surface area contributed by atoms with E-state index in [1.54, 1.807) is 6.33 Å². The number of nitrogens with two attached hydrogens (primary N) is 1. The lowest BCUT2D eigenvalue weighted by Gasteiger charge is -2.26. The zero-order valence-electron chi connectivity index (χ0n) is 17.5. The van der Waals surface area contributed by atoms with Gasteiger partial charge in [0.05, 0.1) is 30.7 Å². The van der Waals surface area contributed by atoms with Crippen LogP contribution in [0.5, 0.6) is 0 Å². The molecule has 3 rings (SSSR count). The number of hydrogen-bond acceptors (Lipinski definition) is 8. The van der Waals surface area contributed by atoms with Crippen LogP contribution in [0.4, 0.5) is 5.95 Å². The molecule has 0 spiro atoms. The SMILES string of the molecule is CC[C@H]1C[C@]1(Cn1cnc2c(Cl)nc(N)nc21)OCP(=O)(OC(C)C)OC(C)C. The Bertz CT molecular complexity index is 907. The fourth-order valence-electron chi connectivity index (χ4n) is 3.56. The molecule has 0 aliphatic heterocycles. The van der Waals surface area contributed by atoms with Gasteiger partial charge in [-0.15, -0.1) is 0 Å². The van der Waals surface area contributed by atoms with E-state index < -0.39 is 13.2 Å². The molecule has 2 atom stereocenters. The normalized spacial score (nSPS) is 22.1.